The van der Waals surface area contributed by atoms with Crippen LogP contribution in [0.2, 0.25) is 0 Å². The first kappa shape index (κ1) is 9.50. The Morgan fingerprint density at radius 2 is 2.20 bits per heavy atom. The molecule has 0 unspecified atom stereocenters. The summed E-state index contributed by atoms with van der Waals surface area (Å²) in [5.41, 5.74) is 1.09. The number of allylic oxidation sites excluding steroid dienone is 4. The molecule has 10 heavy (non-hydrogen) atoms. The molecule has 0 aliphatic carbocycles. The summed E-state index contributed by atoms with van der Waals surface area (Å²) in [6.07, 6.45) is 5.24. The molecule has 0 radical (unpaired) electrons. The summed E-state index contributed by atoms with van der Waals surface area (Å²) in [6.45, 7) is 5.58. The molecule has 0 rings (SSSR count). The van der Waals surface area contributed by atoms with Gasteiger partial charge in [-0.2, -0.15) is 0 Å². The SMILES string of the molecule is C=C/C(Br)=C(C)\C=C\OC. The smallest absolute Gasteiger partial charge is 0.0827 e. The van der Waals surface area contributed by atoms with E-state index in [0.29, 0.717) is 0 Å². The fourth-order valence-corrected chi connectivity index (χ4v) is 0.543. The minimum atomic E-state index is 0.987. The molecule has 56 valence electrons. The van der Waals surface area contributed by atoms with Gasteiger partial charge >= 0.3 is 0 Å². The van der Waals surface area contributed by atoms with Crippen molar-refractivity contribution in [1.29, 1.82) is 0 Å². The zero-order valence-corrected chi connectivity index (χ0v) is 7.81. The molecule has 0 aromatic heterocycles. The van der Waals surface area contributed by atoms with Gasteiger partial charge in [0.1, 0.15) is 0 Å². The fraction of sp³-hybridized carbons (Fsp3) is 0.250. The van der Waals surface area contributed by atoms with Crippen molar-refractivity contribution < 1.29 is 4.74 Å². The van der Waals surface area contributed by atoms with E-state index >= 15 is 0 Å². The van der Waals surface area contributed by atoms with Crippen molar-refractivity contribution in [2.24, 2.45) is 0 Å². The largest absolute Gasteiger partial charge is 0.504 e. The van der Waals surface area contributed by atoms with E-state index in [1.807, 2.05) is 13.0 Å². The van der Waals surface area contributed by atoms with E-state index in [1.165, 1.54) is 0 Å². The van der Waals surface area contributed by atoms with Crippen LogP contribution in [0, 0.1) is 0 Å². The minimum absolute atomic E-state index is 0.987. The number of hydrogen-bond donors (Lipinski definition) is 0. The zero-order chi connectivity index (χ0) is 7.98. The average molecular weight is 203 g/mol. The molecular weight excluding hydrogens is 192 g/mol. The van der Waals surface area contributed by atoms with Crippen molar-refractivity contribution >= 4 is 15.9 Å². The van der Waals surface area contributed by atoms with Crippen molar-refractivity contribution in [3.05, 3.63) is 35.0 Å². The predicted octanol–water partition coefficient (Wildman–Crippen LogP) is 3.00. The second kappa shape index (κ2) is 5.30. The molecule has 0 aromatic rings. The molecule has 2 heteroatoms. The lowest BCUT2D eigenvalue weighted by molar-refractivity contribution is 0.338. The Kier molecular flexibility index (Phi) is 5.03. The van der Waals surface area contributed by atoms with Crippen molar-refractivity contribution in [3.63, 3.8) is 0 Å². The highest BCUT2D eigenvalue weighted by molar-refractivity contribution is 9.11. The first-order valence-corrected chi connectivity index (χ1v) is 3.69. The maximum Gasteiger partial charge on any atom is 0.0827 e. The number of halogens is 1. The van der Waals surface area contributed by atoms with Crippen LogP contribution in [0.4, 0.5) is 0 Å². The summed E-state index contributed by atoms with van der Waals surface area (Å²) in [4.78, 5) is 0. The number of rotatable bonds is 3. The van der Waals surface area contributed by atoms with Gasteiger partial charge in [-0.15, -0.1) is 0 Å². The maximum atomic E-state index is 4.74. The van der Waals surface area contributed by atoms with E-state index in [0.717, 1.165) is 10.1 Å². The van der Waals surface area contributed by atoms with Gasteiger partial charge in [0.05, 0.1) is 13.4 Å². The molecule has 0 aliphatic heterocycles. The third kappa shape index (κ3) is 3.51. The molecule has 1 nitrogen and oxygen atoms in total. The fourth-order valence-electron chi connectivity index (χ4n) is 0.411. The lowest BCUT2D eigenvalue weighted by Gasteiger charge is -1.93. The van der Waals surface area contributed by atoms with Gasteiger partial charge in [0, 0.05) is 4.48 Å². The number of ether oxygens (including phenoxy) is 1. The van der Waals surface area contributed by atoms with E-state index in [2.05, 4.69) is 22.5 Å². The summed E-state index contributed by atoms with van der Waals surface area (Å²) < 4.78 is 5.72. The Hall–Kier alpha value is -0.500. The molecule has 0 saturated carbocycles. The van der Waals surface area contributed by atoms with Gasteiger partial charge in [0.25, 0.3) is 0 Å². The van der Waals surface area contributed by atoms with Crippen LogP contribution in [0.15, 0.2) is 35.0 Å². The lowest BCUT2D eigenvalue weighted by Crippen LogP contribution is -1.72. The van der Waals surface area contributed by atoms with Crippen molar-refractivity contribution in [3.8, 4) is 0 Å². The molecule has 0 aromatic carbocycles. The van der Waals surface area contributed by atoms with Gasteiger partial charge in [-0.3, -0.25) is 0 Å². The topological polar surface area (TPSA) is 9.23 Å². The first-order chi connectivity index (χ1) is 4.72. The van der Waals surface area contributed by atoms with Crippen LogP contribution < -0.4 is 0 Å². The summed E-state index contributed by atoms with van der Waals surface area (Å²) in [5.74, 6) is 0. The number of methoxy groups -OCH3 is 1. The second-order valence-corrected chi connectivity index (χ2v) is 2.63. The molecule has 0 aliphatic rings. The summed E-state index contributed by atoms with van der Waals surface area (Å²) in [7, 11) is 1.62. The molecule has 0 heterocycles. The summed E-state index contributed by atoms with van der Waals surface area (Å²) >= 11 is 3.33. The summed E-state index contributed by atoms with van der Waals surface area (Å²) in [6, 6.07) is 0. The second-order valence-electron chi connectivity index (χ2n) is 1.77. The van der Waals surface area contributed by atoms with Crippen LogP contribution in [0.3, 0.4) is 0 Å². The molecule has 0 spiro atoms. The van der Waals surface area contributed by atoms with Gasteiger partial charge in [-0.1, -0.05) is 28.6 Å². The van der Waals surface area contributed by atoms with Crippen molar-refractivity contribution in [2.75, 3.05) is 7.11 Å². The van der Waals surface area contributed by atoms with Crippen LogP contribution in [0.1, 0.15) is 6.92 Å². The molecule has 0 bridgehead atoms. The Morgan fingerprint density at radius 1 is 1.60 bits per heavy atom. The monoisotopic (exact) mass is 202 g/mol. The van der Waals surface area contributed by atoms with Crippen molar-refractivity contribution in [1.82, 2.24) is 0 Å². The van der Waals surface area contributed by atoms with Gasteiger partial charge in [0.15, 0.2) is 0 Å². The normalized spacial score (nSPS) is 13.1. The molecular formula is C8H11BrO. The standard InChI is InChI=1S/C8H11BrO/c1-4-8(9)7(2)5-6-10-3/h4-6H,1H2,2-3H3/b6-5+,8-7+. The van der Waals surface area contributed by atoms with E-state index in [4.69, 9.17) is 4.74 Å². The average Bonchev–Trinajstić information content (AvgIpc) is 1.98. The van der Waals surface area contributed by atoms with Gasteiger partial charge in [0.2, 0.25) is 0 Å². The molecule has 0 atom stereocenters. The Bertz CT molecular complexity index is 168. The lowest BCUT2D eigenvalue weighted by atomic mass is 10.3. The molecule has 0 saturated heterocycles. The highest BCUT2D eigenvalue weighted by atomic mass is 79.9. The predicted molar refractivity (Wildman–Crippen MR) is 48.0 cm³/mol. The Labute approximate surface area is 70.2 Å². The zero-order valence-electron chi connectivity index (χ0n) is 6.23. The van der Waals surface area contributed by atoms with Crippen LogP contribution in [-0.2, 0) is 4.74 Å². The number of hydrogen-bond acceptors (Lipinski definition) is 1. The van der Waals surface area contributed by atoms with Gasteiger partial charge in [-0.25, -0.2) is 0 Å². The van der Waals surface area contributed by atoms with E-state index in [1.54, 1.807) is 19.4 Å². The first-order valence-electron chi connectivity index (χ1n) is 2.90. The van der Waals surface area contributed by atoms with Crippen molar-refractivity contribution in [2.45, 2.75) is 6.92 Å². The highest BCUT2D eigenvalue weighted by Crippen LogP contribution is 2.12. The summed E-state index contributed by atoms with van der Waals surface area (Å²) in [5, 5.41) is 0. The van der Waals surface area contributed by atoms with Crippen LogP contribution in [0.25, 0.3) is 0 Å². The highest BCUT2D eigenvalue weighted by Gasteiger charge is 1.87. The Morgan fingerprint density at radius 3 is 2.60 bits per heavy atom. The van der Waals surface area contributed by atoms with E-state index < -0.39 is 0 Å². The molecule has 0 amide bonds. The van der Waals surface area contributed by atoms with Gasteiger partial charge in [-0.05, 0) is 18.6 Å². The van der Waals surface area contributed by atoms with E-state index in [-0.39, 0.29) is 0 Å². The van der Waals surface area contributed by atoms with Crippen LogP contribution in [-0.4, -0.2) is 7.11 Å². The molecule has 0 fully saturated rings. The van der Waals surface area contributed by atoms with Crippen LogP contribution >= 0.6 is 15.9 Å². The Balaban J connectivity index is 4.17. The third-order valence-electron chi connectivity index (χ3n) is 1.01. The maximum absolute atomic E-state index is 4.74. The molecule has 0 N–H and O–H groups in total. The van der Waals surface area contributed by atoms with Gasteiger partial charge < -0.3 is 4.74 Å². The van der Waals surface area contributed by atoms with Crippen LogP contribution in [0.5, 0.6) is 0 Å². The minimum Gasteiger partial charge on any atom is -0.504 e. The van der Waals surface area contributed by atoms with E-state index in [9.17, 15) is 0 Å². The third-order valence-corrected chi connectivity index (χ3v) is 1.96. The quantitative estimate of drug-likeness (QED) is 0.506.